The van der Waals surface area contributed by atoms with Gasteiger partial charge in [-0.25, -0.2) is 4.98 Å². The molecule has 1 aromatic heterocycles. The molecular formula is C16H16N4O3. The smallest absolute Gasteiger partial charge is 0.181 e. The second-order valence-electron chi connectivity index (χ2n) is 4.85. The lowest BCUT2D eigenvalue weighted by atomic mass is 10.1. The number of nitrogens with zero attached hydrogens (tertiary/aromatic N) is 2. The predicted molar refractivity (Wildman–Crippen MR) is 86.4 cm³/mol. The van der Waals surface area contributed by atoms with Crippen molar-refractivity contribution >= 4 is 5.69 Å². The maximum absolute atomic E-state index is 9.94. The van der Waals surface area contributed by atoms with E-state index >= 15 is 0 Å². The summed E-state index contributed by atoms with van der Waals surface area (Å²) in [6.45, 7) is 0. The van der Waals surface area contributed by atoms with Gasteiger partial charge < -0.3 is 20.3 Å². The molecule has 0 bridgehead atoms. The van der Waals surface area contributed by atoms with Crippen molar-refractivity contribution in [1.82, 2.24) is 15.2 Å². The largest absolute Gasteiger partial charge is 0.507 e. The average Bonchev–Trinajstić information content (AvgIpc) is 3.06. The molecule has 1 heterocycles. The van der Waals surface area contributed by atoms with Crippen molar-refractivity contribution < 1.29 is 14.6 Å². The van der Waals surface area contributed by atoms with Gasteiger partial charge in [0, 0.05) is 11.3 Å². The first kappa shape index (κ1) is 14.7. The van der Waals surface area contributed by atoms with Gasteiger partial charge in [-0.05, 0) is 36.4 Å². The van der Waals surface area contributed by atoms with Crippen molar-refractivity contribution in [3.8, 4) is 40.0 Å². The lowest BCUT2D eigenvalue weighted by Crippen LogP contribution is -1.91. The summed E-state index contributed by atoms with van der Waals surface area (Å²) in [4.78, 5) is 4.40. The number of nitrogens with two attached hydrogens (primary N) is 1. The van der Waals surface area contributed by atoms with E-state index in [2.05, 4.69) is 15.2 Å². The third kappa shape index (κ3) is 2.76. The van der Waals surface area contributed by atoms with E-state index in [1.54, 1.807) is 38.5 Å². The molecule has 0 saturated heterocycles. The minimum Gasteiger partial charge on any atom is -0.507 e. The van der Waals surface area contributed by atoms with Crippen molar-refractivity contribution in [3.63, 3.8) is 0 Å². The molecule has 0 atom stereocenters. The number of rotatable bonds is 4. The molecule has 0 aliphatic carbocycles. The van der Waals surface area contributed by atoms with E-state index in [4.69, 9.17) is 15.2 Å². The predicted octanol–water partition coefficient (Wildman–Crippen LogP) is 2.44. The highest BCUT2D eigenvalue weighted by molar-refractivity contribution is 5.70. The first-order valence-corrected chi connectivity index (χ1v) is 6.86. The Morgan fingerprint density at radius 3 is 2.57 bits per heavy atom. The Kier molecular flexibility index (Phi) is 3.76. The van der Waals surface area contributed by atoms with Crippen LogP contribution in [0.25, 0.3) is 22.8 Å². The Bertz CT molecular complexity index is 845. The summed E-state index contributed by atoms with van der Waals surface area (Å²) >= 11 is 0. The van der Waals surface area contributed by atoms with Crippen LogP contribution in [0.15, 0.2) is 36.4 Å². The van der Waals surface area contributed by atoms with Crippen molar-refractivity contribution in [2.45, 2.75) is 0 Å². The van der Waals surface area contributed by atoms with E-state index in [9.17, 15) is 5.11 Å². The van der Waals surface area contributed by atoms with Gasteiger partial charge in [0.15, 0.2) is 23.1 Å². The summed E-state index contributed by atoms with van der Waals surface area (Å²) in [6.07, 6.45) is 0. The van der Waals surface area contributed by atoms with E-state index in [1.807, 2.05) is 6.07 Å². The molecule has 7 nitrogen and oxygen atoms in total. The quantitative estimate of drug-likeness (QED) is 0.504. The zero-order chi connectivity index (χ0) is 16.4. The Labute approximate surface area is 132 Å². The fraction of sp³-hybridized carbons (Fsp3) is 0.125. The molecule has 3 rings (SSSR count). The second kappa shape index (κ2) is 5.88. The van der Waals surface area contributed by atoms with Gasteiger partial charge in [0.2, 0.25) is 0 Å². The van der Waals surface area contributed by atoms with Gasteiger partial charge in [0.1, 0.15) is 5.75 Å². The van der Waals surface area contributed by atoms with Crippen LogP contribution >= 0.6 is 0 Å². The Balaban J connectivity index is 2.00. The fourth-order valence-corrected chi connectivity index (χ4v) is 2.23. The molecule has 0 saturated carbocycles. The molecule has 2 aromatic carbocycles. The molecule has 0 spiro atoms. The van der Waals surface area contributed by atoms with Gasteiger partial charge in [-0.3, -0.25) is 5.10 Å². The van der Waals surface area contributed by atoms with Gasteiger partial charge in [-0.2, -0.15) is 5.10 Å². The molecule has 0 aliphatic heterocycles. The molecule has 23 heavy (non-hydrogen) atoms. The van der Waals surface area contributed by atoms with Crippen molar-refractivity contribution in [2.75, 3.05) is 20.0 Å². The summed E-state index contributed by atoms with van der Waals surface area (Å²) in [5.41, 5.74) is 7.53. The van der Waals surface area contributed by atoms with E-state index in [0.29, 0.717) is 34.4 Å². The zero-order valence-corrected chi connectivity index (χ0v) is 12.7. The van der Waals surface area contributed by atoms with Crippen LogP contribution < -0.4 is 15.2 Å². The summed E-state index contributed by atoms with van der Waals surface area (Å²) < 4.78 is 10.5. The fourth-order valence-electron chi connectivity index (χ4n) is 2.23. The number of aromatic hydroxyl groups is 1. The molecule has 0 unspecified atom stereocenters. The number of nitrogen functional groups attached to an aromatic ring is 1. The Hall–Kier alpha value is -3.22. The van der Waals surface area contributed by atoms with Crippen molar-refractivity contribution in [2.24, 2.45) is 0 Å². The van der Waals surface area contributed by atoms with Crippen LogP contribution in [0.1, 0.15) is 0 Å². The number of anilines is 1. The third-order valence-electron chi connectivity index (χ3n) is 3.40. The van der Waals surface area contributed by atoms with E-state index in [-0.39, 0.29) is 5.75 Å². The summed E-state index contributed by atoms with van der Waals surface area (Å²) in [7, 11) is 3.14. The molecule has 118 valence electrons. The molecule has 0 fully saturated rings. The summed E-state index contributed by atoms with van der Waals surface area (Å²) in [5.74, 6) is 2.19. The molecule has 4 N–H and O–H groups in total. The number of aromatic amines is 1. The number of benzene rings is 2. The van der Waals surface area contributed by atoms with Crippen molar-refractivity contribution in [3.05, 3.63) is 36.4 Å². The van der Waals surface area contributed by atoms with E-state index in [1.165, 1.54) is 6.07 Å². The van der Waals surface area contributed by atoms with E-state index < -0.39 is 0 Å². The number of nitrogens with one attached hydrogen (secondary N) is 1. The number of aromatic nitrogens is 3. The normalized spacial score (nSPS) is 10.5. The first-order valence-electron chi connectivity index (χ1n) is 6.86. The van der Waals surface area contributed by atoms with Crippen LogP contribution in [0.3, 0.4) is 0 Å². The van der Waals surface area contributed by atoms with Crippen LogP contribution in [0, 0.1) is 0 Å². The standard InChI is InChI=1S/C16H16N4O3/c1-22-13-6-3-9(7-14(13)23-2)15-18-16(20-19-15)11-8-10(17)4-5-12(11)21/h3-8,21H,17H2,1-2H3,(H,18,19,20). The topological polar surface area (TPSA) is 106 Å². The highest BCUT2D eigenvalue weighted by Crippen LogP contribution is 2.33. The number of H-pyrrole nitrogens is 1. The van der Waals surface area contributed by atoms with Gasteiger partial charge in [0.05, 0.1) is 19.8 Å². The van der Waals surface area contributed by atoms with Gasteiger partial charge >= 0.3 is 0 Å². The number of ether oxygens (including phenoxy) is 2. The van der Waals surface area contributed by atoms with Crippen LogP contribution in [0.5, 0.6) is 17.2 Å². The lowest BCUT2D eigenvalue weighted by Gasteiger charge is -2.07. The number of hydrogen-bond acceptors (Lipinski definition) is 6. The lowest BCUT2D eigenvalue weighted by molar-refractivity contribution is 0.355. The molecule has 3 aromatic rings. The summed E-state index contributed by atoms with van der Waals surface area (Å²) in [6, 6.07) is 10.2. The molecule has 0 amide bonds. The zero-order valence-electron chi connectivity index (χ0n) is 12.7. The van der Waals surface area contributed by atoms with Crippen LogP contribution in [0.2, 0.25) is 0 Å². The van der Waals surface area contributed by atoms with Gasteiger partial charge in [0.25, 0.3) is 0 Å². The molecule has 0 aliphatic rings. The first-order chi connectivity index (χ1) is 11.1. The molecular weight excluding hydrogens is 296 g/mol. The number of phenols is 1. The van der Waals surface area contributed by atoms with E-state index in [0.717, 1.165) is 5.56 Å². The van der Waals surface area contributed by atoms with Crippen LogP contribution in [0.4, 0.5) is 5.69 Å². The maximum atomic E-state index is 9.94. The number of phenolic OH excluding ortho intramolecular Hbond substituents is 1. The molecule has 0 radical (unpaired) electrons. The van der Waals surface area contributed by atoms with Gasteiger partial charge in [-0.1, -0.05) is 0 Å². The number of hydrogen-bond donors (Lipinski definition) is 3. The van der Waals surface area contributed by atoms with Crippen LogP contribution in [-0.4, -0.2) is 34.5 Å². The second-order valence-corrected chi connectivity index (χ2v) is 4.85. The van der Waals surface area contributed by atoms with Crippen LogP contribution in [-0.2, 0) is 0 Å². The summed E-state index contributed by atoms with van der Waals surface area (Å²) in [5, 5.41) is 16.9. The van der Waals surface area contributed by atoms with Gasteiger partial charge in [-0.15, -0.1) is 0 Å². The highest BCUT2D eigenvalue weighted by atomic mass is 16.5. The SMILES string of the molecule is COc1ccc(-c2n[nH]c(-c3cc(N)ccc3O)n2)cc1OC. The third-order valence-corrected chi connectivity index (χ3v) is 3.40. The monoisotopic (exact) mass is 312 g/mol. The minimum atomic E-state index is 0.0780. The maximum Gasteiger partial charge on any atom is 0.181 e. The molecule has 7 heteroatoms. The number of methoxy groups -OCH3 is 2. The minimum absolute atomic E-state index is 0.0780. The van der Waals surface area contributed by atoms with Crippen molar-refractivity contribution in [1.29, 1.82) is 0 Å². The Morgan fingerprint density at radius 2 is 1.83 bits per heavy atom. The highest BCUT2D eigenvalue weighted by Gasteiger charge is 2.13. The Morgan fingerprint density at radius 1 is 1.04 bits per heavy atom. The average molecular weight is 312 g/mol.